The standard InChI is InChI=1S/C12H19N3O5S/c1-8-11(10(12(16)17)14-13-8)21(18,19)15(2)7-9-3-5-20-6-4-9/h9H,3-7H2,1-2H3,(H,13,14)(H,16,17). The summed E-state index contributed by atoms with van der Waals surface area (Å²) >= 11 is 0. The van der Waals surface area contributed by atoms with Gasteiger partial charge in [0.15, 0.2) is 5.69 Å². The lowest BCUT2D eigenvalue weighted by molar-refractivity contribution is 0.0620. The van der Waals surface area contributed by atoms with E-state index in [4.69, 9.17) is 9.84 Å². The molecule has 1 saturated heterocycles. The molecule has 0 unspecified atom stereocenters. The SMILES string of the molecule is Cc1[nH]nc(C(=O)O)c1S(=O)(=O)N(C)CC1CCOCC1. The molecule has 2 heterocycles. The van der Waals surface area contributed by atoms with Crippen LogP contribution in [-0.4, -0.2) is 60.8 Å². The minimum Gasteiger partial charge on any atom is -0.476 e. The largest absolute Gasteiger partial charge is 0.476 e. The molecule has 0 saturated carbocycles. The number of carboxylic acid groups (broad SMARTS) is 1. The first-order valence-electron chi connectivity index (χ1n) is 6.66. The number of aromatic amines is 1. The monoisotopic (exact) mass is 317 g/mol. The molecule has 1 aliphatic heterocycles. The molecule has 2 N–H and O–H groups in total. The van der Waals surface area contributed by atoms with Crippen LogP contribution in [-0.2, 0) is 14.8 Å². The van der Waals surface area contributed by atoms with Crippen molar-refractivity contribution in [1.29, 1.82) is 0 Å². The number of hydrogen-bond donors (Lipinski definition) is 2. The molecular formula is C12H19N3O5S. The van der Waals surface area contributed by atoms with E-state index in [0.717, 1.165) is 12.8 Å². The van der Waals surface area contributed by atoms with E-state index in [2.05, 4.69) is 10.2 Å². The van der Waals surface area contributed by atoms with Crippen molar-refractivity contribution in [2.45, 2.75) is 24.7 Å². The summed E-state index contributed by atoms with van der Waals surface area (Å²) in [5.74, 6) is -1.14. The molecular weight excluding hydrogens is 298 g/mol. The topological polar surface area (TPSA) is 113 Å². The number of carbonyl (C=O) groups is 1. The van der Waals surface area contributed by atoms with Crippen LogP contribution in [0.15, 0.2) is 4.90 Å². The molecule has 0 aromatic carbocycles. The van der Waals surface area contributed by atoms with Crippen LogP contribution in [0.1, 0.15) is 29.0 Å². The van der Waals surface area contributed by atoms with Crippen molar-refractivity contribution in [1.82, 2.24) is 14.5 Å². The van der Waals surface area contributed by atoms with Gasteiger partial charge in [0.1, 0.15) is 4.90 Å². The summed E-state index contributed by atoms with van der Waals surface area (Å²) in [6, 6.07) is 0. The second kappa shape index (κ2) is 6.12. The quantitative estimate of drug-likeness (QED) is 0.816. The highest BCUT2D eigenvalue weighted by atomic mass is 32.2. The van der Waals surface area contributed by atoms with Crippen LogP contribution in [0.25, 0.3) is 0 Å². The Bertz CT molecular complexity index is 619. The minimum absolute atomic E-state index is 0.221. The van der Waals surface area contributed by atoms with E-state index in [1.807, 2.05) is 0 Å². The van der Waals surface area contributed by atoms with Gasteiger partial charge in [-0.05, 0) is 25.7 Å². The summed E-state index contributed by atoms with van der Waals surface area (Å²) in [6.07, 6.45) is 1.60. The molecule has 0 amide bonds. The van der Waals surface area contributed by atoms with Gasteiger partial charge in [-0.25, -0.2) is 17.5 Å². The molecule has 0 aliphatic carbocycles. The number of rotatable bonds is 5. The third-order valence-corrected chi connectivity index (χ3v) is 5.60. The Labute approximate surface area is 123 Å². The number of nitrogens with zero attached hydrogens (tertiary/aromatic N) is 2. The highest BCUT2D eigenvalue weighted by Gasteiger charge is 2.32. The number of ether oxygens (including phenoxy) is 1. The first-order valence-corrected chi connectivity index (χ1v) is 8.10. The fourth-order valence-corrected chi connectivity index (χ4v) is 3.95. The second-order valence-electron chi connectivity index (χ2n) is 5.17. The van der Waals surface area contributed by atoms with Crippen molar-refractivity contribution in [3.8, 4) is 0 Å². The lowest BCUT2D eigenvalue weighted by atomic mass is 10.0. The number of aromatic carboxylic acids is 1. The van der Waals surface area contributed by atoms with Crippen molar-refractivity contribution in [2.24, 2.45) is 5.92 Å². The van der Waals surface area contributed by atoms with Gasteiger partial charge in [0.25, 0.3) is 0 Å². The predicted molar refractivity (Wildman–Crippen MR) is 73.6 cm³/mol. The molecule has 9 heteroatoms. The zero-order valence-corrected chi connectivity index (χ0v) is 12.8. The van der Waals surface area contributed by atoms with Gasteiger partial charge in [-0.1, -0.05) is 0 Å². The van der Waals surface area contributed by atoms with Gasteiger partial charge in [-0.3, -0.25) is 5.10 Å². The highest BCUT2D eigenvalue weighted by molar-refractivity contribution is 7.89. The number of aromatic nitrogens is 2. The third kappa shape index (κ3) is 3.25. The fourth-order valence-electron chi connectivity index (χ4n) is 2.43. The second-order valence-corrected chi connectivity index (χ2v) is 7.15. The van der Waals surface area contributed by atoms with Crippen molar-refractivity contribution in [2.75, 3.05) is 26.8 Å². The number of nitrogens with one attached hydrogen (secondary N) is 1. The van der Waals surface area contributed by atoms with Crippen molar-refractivity contribution < 1.29 is 23.1 Å². The van der Waals surface area contributed by atoms with Gasteiger partial charge in [0.05, 0.1) is 5.69 Å². The Morgan fingerprint density at radius 2 is 2.10 bits per heavy atom. The zero-order valence-electron chi connectivity index (χ0n) is 12.0. The van der Waals surface area contributed by atoms with Crippen LogP contribution in [0, 0.1) is 12.8 Å². The number of hydrogen-bond acceptors (Lipinski definition) is 5. The fraction of sp³-hybridized carbons (Fsp3) is 0.667. The van der Waals surface area contributed by atoms with Crippen molar-refractivity contribution in [3.63, 3.8) is 0 Å². The van der Waals surface area contributed by atoms with E-state index in [1.165, 1.54) is 18.3 Å². The first kappa shape index (κ1) is 15.9. The molecule has 1 aromatic rings. The Kier molecular flexibility index (Phi) is 4.64. The Hall–Kier alpha value is -1.45. The van der Waals surface area contributed by atoms with Crippen molar-refractivity contribution >= 4 is 16.0 Å². The lowest BCUT2D eigenvalue weighted by Crippen LogP contribution is -2.35. The average molecular weight is 317 g/mol. The van der Waals surface area contributed by atoms with Gasteiger partial charge in [0.2, 0.25) is 10.0 Å². The predicted octanol–water partition coefficient (Wildman–Crippen LogP) is 0.463. The molecule has 21 heavy (non-hydrogen) atoms. The van der Waals surface area contributed by atoms with E-state index in [1.54, 1.807) is 0 Å². The molecule has 8 nitrogen and oxygen atoms in total. The van der Waals surface area contributed by atoms with Crippen LogP contribution in [0.5, 0.6) is 0 Å². The molecule has 0 bridgehead atoms. The van der Waals surface area contributed by atoms with Crippen LogP contribution in [0.4, 0.5) is 0 Å². The van der Waals surface area contributed by atoms with Crippen LogP contribution >= 0.6 is 0 Å². The summed E-state index contributed by atoms with van der Waals surface area (Å²) in [5, 5.41) is 15.1. The van der Waals surface area contributed by atoms with Gasteiger partial charge in [-0.2, -0.15) is 5.10 Å². The minimum atomic E-state index is -3.88. The summed E-state index contributed by atoms with van der Waals surface area (Å²) < 4.78 is 31.6. The summed E-state index contributed by atoms with van der Waals surface area (Å²) in [7, 11) is -2.42. The van der Waals surface area contributed by atoms with Crippen LogP contribution in [0.2, 0.25) is 0 Å². The molecule has 0 atom stereocenters. The average Bonchev–Trinajstić information content (AvgIpc) is 2.82. The van der Waals surface area contributed by atoms with E-state index in [9.17, 15) is 13.2 Å². The normalized spacial score (nSPS) is 17.3. The maximum absolute atomic E-state index is 12.6. The summed E-state index contributed by atoms with van der Waals surface area (Å²) in [6.45, 7) is 3.09. The molecule has 1 aliphatic rings. The Morgan fingerprint density at radius 3 is 2.67 bits per heavy atom. The first-order chi connectivity index (χ1) is 9.84. The maximum Gasteiger partial charge on any atom is 0.357 e. The molecule has 2 rings (SSSR count). The molecule has 1 aromatic heterocycles. The molecule has 0 spiro atoms. The number of aryl methyl sites for hydroxylation is 1. The maximum atomic E-state index is 12.6. The van der Waals surface area contributed by atoms with Crippen LogP contribution in [0.3, 0.4) is 0 Å². The number of H-pyrrole nitrogens is 1. The third-order valence-electron chi connectivity index (χ3n) is 3.62. The molecule has 1 fully saturated rings. The van der Waals surface area contributed by atoms with E-state index < -0.39 is 21.7 Å². The molecule has 0 radical (unpaired) electrons. The van der Waals surface area contributed by atoms with Crippen LogP contribution < -0.4 is 0 Å². The van der Waals surface area contributed by atoms with E-state index in [-0.39, 0.29) is 16.5 Å². The summed E-state index contributed by atoms with van der Waals surface area (Å²) in [4.78, 5) is 10.9. The Morgan fingerprint density at radius 1 is 1.48 bits per heavy atom. The van der Waals surface area contributed by atoms with Gasteiger partial charge in [0, 0.05) is 26.8 Å². The van der Waals surface area contributed by atoms with Crippen molar-refractivity contribution in [3.05, 3.63) is 11.4 Å². The van der Waals surface area contributed by atoms with E-state index in [0.29, 0.717) is 19.8 Å². The zero-order chi connectivity index (χ0) is 15.6. The van der Waals surface area contributed by atoms with Gasteiger partial charge in [-0.15, -0.1) is 0 Å². The lowest BCUT2D eigenvalue weighted by Gasteiger charge is -2.26. The smallest absolute Gasteiger partial charge is 0.357 e. The number of carboxylic acids is 1. The van der Waals surface area contributed by atoms with E-state index >= 15 is 0 Å². The molecule has 118 valence electrons. The number of sulfonamides is 1. The van der Waals surface area contributed by atoms with Gasteiger partial charge < -0.3 is 9.84 Å². The van der Waals surface area contributed by atoms with Gasteiger partial charge >= 0.3 is 5.97 Å². The summed E-state index contributed by atoms with van der Waals surface area (Å²) in [5.41, 5.74) is -0.238. The Balaban J connectivity index is 2.24. The highest BCUT2D eigenvalue weighted by Crippen LogP contribution is 2.24.